The molecular formula is C17H15F3N2O3. The summed E-state index contributed by atoms with van der Waals surface area (Å²) in [5.74, 6) is 0. The highest BCUT2D eigenvalue weighted by molar-refractivity contribution is 5.89. The first-order valence-electron chi connectivity index (χ1n) is 7.51. The Morgan fingerprint density at radius 1 is 1.32 bits per heavy atom. The zero-order valence-electron chi connectivity index (χ0n) is 13.1. The Balaban J connectivity index is 2.24. The first kappa shape index (κ1) is 17.1. The number of nitrogens with one attached hydrogen (secondary N) is 2. The second-order valence-corrected chi connectivity index (χ2v) is 5.66. The minimum absolute atomic E-state index is 0.0410. The monoisotopic (exact) mass is 352 g/mol. The molecule has 0 fully saturated rings. The van der Waals surface area contributed by atoms with E-state index in [1.165, 1.54) is 36.5 Å². The van der Waals surface area contributed by atoms with Crippen molar-refractivity contribution < 1.29 is 22.7 Å². The maximum absolute atomic E-state index is 13.7. The molecule has 0 aliphatic carbocycles. The van der Waals surface area contributed by atoms with E-state index in [0.29, 0.717) is 5.69 Å². The summed E-state index contributed by atoms with van der Waals surface area (Å²) in [7, 11) is 0. The van der Waals surface area contributed by atoms with Gasteiger partial charge in [-0.2, -0.15) is 13.2 Å². The Labute approximate surface area is 140 Å². The number of hydrogen-bond donors (Lipinski definition) is 3. The number of hydrogen-bond acceptors (Lipinski definition) is 4. The van der Waals surface area contributed by atoms with Gasteiger partial charge >= 0.3 is 11.8 Å². The van der Waals surface area contributed by atoms with Crippen molar-refractivity contribution in [2.24, 2.45) is 0 Å². The van der Waals surface area contributed by atoms with Gasteiger partial charge in [0.25, 0.3) is 0 Å². The fourth-order valence-electron chi connectivity index (χ4n) is 2.60. The van der Waals surface area contributed by atoms with Gasteiger partial charge in [-0.3, -0.25) is 0 Å². The molecule has 0 saturated carbocycles. The lowest BCUT2D eigenvalue weighted by Gasteiger charge is -2.15. The zero-order chi connectivity index (χ0) is 18.2. The molecule has 0 unspecified atom stereocenters. The number of alkyl halides is 3. The van der Waals surface area contributed by atoms with E-state index >= 15 is 0 Å². The molecule has 3 rings (SSSR count). The number of halogens is 3. The molecule has 0 aliphatic heterocycles. The molecule has 2 heterocycles. The minimum atomic E-state index is -4.73. The highest BCUT2D eigenvalue weighted by atomic mass is 19.4. The van der Waals surface area contributed by atoms with Crippen LogP contribution in [0.25, 0.3) is 22.2 Å². The number of rotatable bonds is 4. The molecule has 0 saturated heterocycles. The molecule has 2 aromatic heterocycles. The quantitative estimate of drug-likeness (QED) is 0.627. The van der Waals surface area contributed by atoms with Gasteiger partial charge in [0.15, 0.2) is 0 Å². The molecule has 3 N–H and O–H groups in total. The molecule has 132 valence electrons. The summed E-state index contributed by atoms with van der Waals surface area (Å²) in [5, 5.41) is 11.9. The van der Waals surface area contributed by atoms with Crippen molar-refractivity contribution >= 4 is 16.7 Å². The molecule has 5 nitrogen and oxygen atoms in total. The molecule has 0 spiro atoms. The SMILES string of the molecule is C[C@H](O)CNc1ccc2c(C(F)(F)F)c(-c3ccc[nH]3)c(=O)oc2c1. The maximum atomic E-state index is 13.7. The van der Waals surface area contributed by atoms with E-state index in [-0.39, 0.29) is 23.2 Å². The largest absolute Gasteiger partial charge is 0.422 e. The van der Waals surface area contributed by atoms with Crippen LogP contribution in [0.5, 0.6) is 0 Å². The lowest BCUT2D eigenvalue weighted by atomic mass is 10.0. The number of benzene rings is 1. The number of aliphatic hydroxyl groups excluding tert-OH is 1. The van der Waals surface area contributed by atoms with Crippen LogP contribution in [0.2, 0.25) is 0 Å². The molecule has 0 bridgehead atoms. The van der Waals surface area contributed by atoms with Gasteiger partial charge in [-0.15, -0.1) is 0 Å². The van der Waals surface area contributed by atoms with E-state index in [2.05, 4.69) is 10.3 Å². The van der Waals surface area contributed by atoms with Crippen LogP contribution in [0, 0.1) is 0 Å². The lowest BCUT2D eigenvalue weighted by molar-refractivity contribution is -0.136. The molecule has 8 heteroatoms. The topological polar surface area (TPSA) is 78.3 Å². The van der Waals surface area contributed by atoms with E-state index in [0.717, 1.165) is 0 Å². The summed E-state index contributed by atoms with van der Waals surface area (Å²) in [6.45, 7) is 1.78. The highest BCUT2D eigenvalue weighted by Crippen LogP contribution is 2.40. The third-order valence-electron chi connectivity index (χ3n) is 3.66. The predicted octanol–water partition coefficient (Wildman–Crippen LogP) is 3.60. The molecule has 25 heavy (non-hydrogen) atoms. The summed E-state index contributed by atoms with van der Waals surface area (Å²) in [6, 6.07) is 6.89. The van der Waals surface area contributed by atoms with Crippen molar-refractivity contribution in [1.29, 1.82) is 0 Å². The van der Waals surface area contributed by atoms with Crippen molar-refractivity contribution in [1.82, 2.24) is 4.98 Å². The summed E-state index contributed by atoms with van der Waals surface area (Å²) < 4.78 is 46.1. The van der Waals surface area contributed by atoms with Crippen LogP contribution in [-0.4, -0.2) is 22.7 Å². The minimum Gasteiger partial charge on any atom is -0.422 e. The Bertz CT molecular complexity index is 944. The fraction of sp³-hybridized carbons (Fsp3) is 0.235. The van der Waals surface area contributed by atoms with Gasteiger partial charge in [0.05, 0.1) is 22.9 Å². The van der Waals surface area contributed by atoms with Crippen molar-refractivity contribution in [2.45, 2.75) is 19.2 Å². The number of aliphatic hydroxyl groups is 1. The van der Waals surface area contributed by atoms with E-state index in [1.54, 1.807) is 6.92 Å². The van der Waals surface area contributed by atoms with Crippen molar-refractivity contribution in [3.63, 3.8) is 0 Å². The lowest BCUT2D eigenvalue weighted by Crippen LogP contribution is -2.17. The summed E-state index contributed by atoms with van der Waals surface area (Å²) >= 11 is 0. The first-order valence-corrected chi connectivity index (χ1v) is 7.51. The second-order valence-electron chi connectivity index (χ2n) is 5.66. The van der Waals surface area contributed by atoms with Gasteiger partial charge in [-0.05, 0) is 31.2 Å². The molecule has 0 aliphatic rings. The molecule has 0 radical (unpaired) electrons. The molecule has 0 amide bonds. The number of anilines is 1. The average molecular weight is 352 g/mol. The van der Waals surface area contributed by atoms with Crippen molar-refractivity contribution in [3.8, 4) is 11.3 Å². The molecule has 3 aromatic rings. The molecule has 1 aromatic carbocycles. The smallest absolute Gasteiger partial charge is 0.418 e. The van der Waals surface area contributed by atoms with E-state index in [4.69, 9.17) is 4.42 Å². The van der Waals surface area contributed by atoms with Crippen molar-refractivity contribution in [3.05, 3.63) is 52.5 Å². The van der Waals surface area contributed by atoms with E-state index in [1.807, 2.05) is 0 Å². The third-order valence-corrected chi connectivity index (χ3v) is 3.66. The van der Waals surface area contributed by atoms with Crippen LogP contribution < -0.4 is 10.9 Å². The fourth-order valence-corrected chi connectivity index (χ4v) is 2.60. The van der Waals surface area contributed by atoms with Gasteiger partial charge in [0, 0.05) is 29.9 Å². The van der Waals surface area contributed by atoms with E-state index in [9.17, 15) is 23.1 Å². The Hall–Kier alpha value is -2.74. The van der Waals surface area contributed by atoms with E-state index < -0.39 is 29.0 Å². The van der Waals surface area contributed by atoms with Crippen molar-refractivity contribution in [2.75, 3.05) is 11.9 Å². The van der Waals surface area contributed by atoms with Gasteiger partial charge in [0.2, 0.25) is 0 Å². The van der Waals surface area contributed by atoms with Crippen LogP contribution in [0.3, 0.4) is 0 Å². The highest BCUT2D eigenvalue weighted by Gasteiger charge is 2.38. The standard InChI is InChI=1S/C17H15F3N2O3/c1-9(23)8-22-10-4-5-11-13(7-10)25-16(24)14(12-3-2-6-21-12)15(11)17(18,19)20/h2-7,9,21-23H,8H2,1H3/t9-/m0/s1. The van der Waals surface area contributed by atoms with Crippen LogP contribution in [-0.2, 0) is 6.18 Å². The molecule has 1 atom stereocenters. The van der Waals surface area contributed by atoms with Crippen LogP contribution in [0.1, 0.15) is 12.5 Å². The van der Waals surface area contributed by atoms with Gasteiger partial charge in [0.1, 0.15) is 5.58 Å². The molecular weight excluding hydrogens is 337 g/mol. The third kappa shape index (κ3) is 3.39. The number of H-pyrrole nitrogens is 1. The number of fused-ring (bicyclic) bond motifs is 1. The number of aromatic amines is 1. The Morgan fingerprint density at radius 2 is 2.08 bits per heavy atom. The van der Waals surface area contributed by atoms with Crippen LogP contribution in [0.15, 0.2) is 45.7 Å². The summed E-state index contributed by atoms with van der Waals surface area (Å²) in [6.07, 6.45) is -3.94. The Morgan fingerprint density at radius 3 is 2.68 bits per heavy atom. The van der Waals surface area contributed by atoms with Crippen LogP contribution >= 0.6 is 0 Å². The van der Waals surface area contributed by atoms with Crippen LogP contribution in [0.4, 0.5) is 18.9 Å². The van der Waals surface area contributed by atoms with Gasteiger partial charge in [-0.25, -0.2) is 4.79 Å². The predicted molar refractivity (Wildman–Crippen MR) is 87.4 cm³/mol. The zero-order valence-corrected chi connectivity index (χ0v) is 13.1. The maximum Gasteiger partial charge on any atom is 0.418 e. The first-order chi connectivity index (χ1) is 11.8. The normalized spacial score (nSPS) is 13.2. The average Bonchev–Trinajstić information content (AvgIpc) is 3.04. The summed E-state index contributed by atoms with van der Waals surface area (Å²) in [5.41, 5.74) is -2.35. The Kier molecular flexibility index (Phi) is 4.30. The number of aromatic nitrogens is 1. The second kappa shape index (κ2) is 6.29. The van der Waals surface area contributed by atoms with Gasteiger partial charge in [-0.1, -0.05) is 0 Å². The summed E-state index contributed by atoms with van der Waals surface area (Å²) in [4.78, 5) is 14.8. The van der Waals surface area contributed by atoms with Gasteiger partial charge < -0.3 is 19.8 Å².